The molecule has 6 nitrogen and oxygen atoms in total. The van der Waals surface area contributed by atoms with Gasteiger partial charge in [0, 0.05) is 13.8 Å². The molecular weight excluding hydrogens is 316 g/mol. The van der Waals surface area contributed by atoms with E-state index in [2.05, 4.69) is 33.9 Å². The van der Waals surface area contributed by atoms with Crippen molar-refractivity contribution in [2.75, 3.05) is 6.61 Å². The van der Waals surface area contributed by atoms with Crippen LogP contribution in [-0.2, 0) is 28.2 Å². The van der Waals surface area contributed by atoms with Gasteiger partial charge < -0.3 is 18.6 Å². The zero-order chi connectivity index (χ0) is 17.8. The standard InChI is InChI=1S/C16H28O6Si/c1-11(17)21-13-8-9-19-14(15(13)22-12(2)18)10-20-23(6,7)16(3,4)5/h8-9,13-15H,10H2,1-7H3/t13-,14+,15-/m0/s1. The largest absolute Gasteiger partial charge is 0.492 e. The quantitative estimate of drug-likeness (QED) is 0.564. The van der Waals surface area contributed by atoms with E-state index in [1.54, 1.807) is 6.08 Å². The maximum absolute atomic E-state index is 11.4. The monoisotopic (exact) mass is 344 g/mol. The highest BCUT2D eigenvalue weighted by Gasteiger charge is 2.41. The summed E-state index contributed by atoms with van der Waals surface area (Å²) >= 11 is 0. The molecule has 1 aliphatic heterocycles. The highest BCUT2D eigenvalue weighted by molar-refractivity contribution is 6.74. The fraction of sp³-hybridized carbons (Fsp3) is 0.750. The lowest BCUT2D eigenvalue weighted by atomic mass is 10.1. The number of carbonyl (C=O) groups is 2. The van der Waals surface area contributed by atoms with Gasteiger partial charge in [0.1, 0.15) is 0 Å². The van der Waals surface area contributed by atoms with E-state index in [1.165, 1.54) is 20.1 Å². The Morgan fingerprint density at radius 1 is 1.13 bits per heavy atom. The molecule has 0 unspecified atom stereocenters. The van der Waals surface area contributed by atoms with Crippen molar-refractivity contribution in [2.45, 2.75) is 71.1 Å². The summed E-state index contributed by atoms with van der Waals surface area (Å²) in [5.41, 5.74) is 0. The normalized spacial score (nSPS) is 24.7. The third-order valence-electron chi connectivity index (χ3n) is 4.23. The summed E-state index contributed by atoms with van der Waals surface area (Å²) in [6.45, 7) is 13.6. The van der Waals surface area contributed by atoms with Crippen LogP contribution in [0.2, 0.25) is 18.1 Å². The van der Waals surface area contributed by atoms with Crippen LogP contribution >= 0.6 is 0 Å². The molecule has 0 N–H and O–H groups in total. The van der Waals surface area contributed by atoms with E-state index in [-0.39, 0.29) is 11.6 Å². The van der Waals surface area contributed by atoms with Gasteiger partial charge in [0.15, 0.2) is 26.6 Å². The van der Waals surface area contributed by atoms with Crippen molar-refractivity contribution in [1.82, 2.24) is 0 Å². The minimum Gasteiger partial charge on any atom is -0.492 e. The van der Waals surface area contributed by atoms with Crippen LogP contribution in [-0.4, -0.2) is 45.2 Å². The van der Waals surface area contributed by atoms with Gasteiger partial charge in [-0.25, -0.2) is 0 Å². The van der Waals surface area contributed by atoms with Crippen LogP contribution in [0.1, 0.15) is 34.6 Å². The maximum atomic E-state index is 11.4. The van der Waals surface area contributed by atoms with E-state index >= 15 is 0 Å². The number of rotatable bonds is 5. The molecule has 1 heterocycles. The van der Waals surface area contributed by atoms with Gasteiger partial charge in [-0.2, -0.15) is 0 Å². The molecule has 132 valence electrons. The van der Waals surface area contributed by atoms with Crippen molar-refractivity contribution in [3.05, 3.63) is 12.3 Å². The van der Waals surface area contributed by atoms with Gasteiger partial charge in [-0.15, -0.1) is 0 Å². The Hall–Kier alpha value is -1.34. The van der Waals surface area contributed by atoms with E-state index in [0.717, 1.165) is 0 Å². The zero-order valence-electron chi connectivity index (χ0n) is 15.0. The highest BCUT2D eigenvalue weighted by atomic mass is 28.4. The van der Waals surface area contributed by atoms with Crippen LogP contribution in [0.25, 0.3) is 0 Å². The maximum Gasteiger partial charge on any atom is 0.303 e. The third-order valence-corrected chi connectivity index (χ3v) is 8.73. The van der Waals surface area contributed by atoms with Crippen LogP contribution in [0, 0.1) is 0 Å². The van der Waals surface area contributed by atoms with Gasteiger partial charge in [-0.05, 0) is 24.2 Å². The van der Waals surface area contributed by atoms with Crippen LogP contribution < -0.4 is 0 Å². The fourth-order valence-corrected chi connectivity index (χ4v) is 2.91. The minimum absolute atomic E-state index is 0.0592. The predicted octanol–water partition coefficient (Wildman–Crippen LogP) is 2.78. The van der Waals surface area contributed by atoms with Gasteiger partial charge in [0.25, 0.3) is 0 Å². The molecule has 1 rings (SSSR count). The van der Waals surface area contributed by atoms with Gasteiger partial charge in [0.2, 0.25) is 0 Å². The molecule has 23 heavy (non-hydrogen) atoms. The molecule has 0 radical (unpaired) electrons. The van der Waals surface area contributed by atoms with Crippen LogP contribution in [0.5, 0.6) is 0 Å². The second-order valence-corrected chi connectivity index (χ2v) is 12.0. The first kappa shape index (κ1) is 19.7. The summed E-state index contributed by atoms with van der Waals surface area (Å²) in [6.07, 6.45) is 1.14. The molecule has 3 atom stereocenters. The van der Waals surface area contributed by atoms with Gasteiger partial charge >= 0.3 is 11.9 Å². The second kappa shape index (κ2) is 7.48. The first-order valence-corrected chi connectivity index (χ1v) is 10.7. The van der Waals surface area contributed by atoms with Crippen molar-refractivity contribution >= 4 is 20.3 Å². The lowest BCUT2D eigenvalue weighted by Crippen LogP contribution is -2.50. The van der Waals surface area contributed by atoms with Gasteiger partial charge in [0.05, 0.1) is 12.9 Å². The molecule has 0 saturated carbocycles. The van der Waals surface area contributed by atoms with Crippen LogP contribution in [0.3, 0.4) is 0 Å². The molecule has 0 spiro atoms. The molecule has 0 fully saturated rings. The van der Waals surface area contributed by atoms with E-state index in [1.807, 2.05) is 0 Å². The zero-order valence-corrected chi connectivity index (χ0v) is 16.0. The Kier molecular flexibility index (Phi) is 6.41. The number of hydrogen-bond acceptors (Lipinski definition) is 6. The molecule has 0 bridgehead atoms. The molecule has 0 aliphatic carbocycles. The lowest BCUT2D eigenvalue weighted by molar-refractivity contribution is -0.175. The van der Waals surface area contributed by atoms with Crippen molar-refractivity contribution in [2.24, 2.45) is 0 Å². The first-order chi connectivity index (χ1) is 10.4. The molecule has 0 aromatic heterocycles. The van der Waals surface area contributed by atoms with Gasteiger partial charge in [-0.1, -0.05) is 20.8 Å². The molecule has 0 aromatic carbocycles. The van der Waals surface area contributed by atoms with E-state index < -0.39 is 38.6 Å². The average molecular weight is 344 g/mol. The third kappa shape index (κ3) is 5.66. The van der Waals surface area contributed by atoms with Crippen molar-refractivity contribution < 1.29 is 28.2 Å². The molecular formula is C16H28O6Si. The van der Waals surface area contributed by atoms with E-state index in [9.17, 15) is 9.59 Å². The number of ether oxygens (including phenoxy) is 3. The van der Waals surface area contributed by atoms with Crippen molar-refractivity contribution in [3.63, 3.8) is 0 Å². The van der Waals surface area contributed by atoms with E-state index in [4.69, 9.17) is 18.6 Å². The summed E-state index contributed by atoms with van der Waals surface area (Å²) in [6, 6.07) is 0. The van der Waals surface area contributed by atoms with Crippen LogP contribution in [0.15, 0.2) is 12.3 Å². The summed E-state index contributed by atoms with van der Waals surface area (Å²) in [5, 5.41) is 0.0592. The number of esters is 2. The van der Waals surface area contributed by atoms with E-state index in [0.29, 0.717) is 0 Å². The lowest BCUT2D eigenvalue weighted by Gasteiger charge is -2.39. The first-order valence-electron chi connectivity index (χ1n) is 7.74. The Balaban J connectivity index is 2.84. The molecule has 7 heteroatoms. The van der Waals surface area contributed by atoms with Crippen molar-refractivity contribution in [3.8, 4) is 0 Å². The Morgan fingerprint density at radius 2 is 1.70 bits per heavy atom. The topological polar surface area (TPSA) is 71.1 Å². The molecule has 0 saturated heterocycles. The number of carbonyl (C=O) groups excluding carboxylic acids is 2. The Bertz CT molecular complexity index is 466. The molecule has 0 aromatic rings. The number of hydrogen-bond donors (Lipinski definition) is 0. The van der Waals surface area contributed by atoms with Crippen molar-refractivity contribution in [1.29, 1.82) is 0 Å². The smallest absolute Gasteiger partial charge is 0.303 e. The predicted molar refractivity (Wildman–Crippen MR) is 88.3 cm³/mol. The molecule has 1 aliphatic rings. The minimum atomic E-state index is -1.96. The molecule has 0 amide bonds. The SMILES string of the molecule is CC(=O)O[C@H]1[C@@H](OC(C)=O)C=CO[C@@H]1CO[Si](C)(C)C(C)(C)C. The summed E-state index contributed by atoms with van der Waals surface area (Å²) < 4.78 is 22.2. The fourth-order valence-electron chi connectivity index (χ4n) is 1.90. The summed E-state index contributed by atoms with van der Waals surface area (Å²) in [7, 11) is -1.96. The van der Waals surface area contributed by atoms with Gasteiger partial charge in [-0.3, -0.25) is 9.59 Å². The summed E-state index contributed by atoms with van der Waals surface area (Å²) in [4.78, 5) is 22.6. The summed E-state index contributed by atoms with van der Waals surface area (Å²) in [5.74, 6) is -0.897. The second-order valence-electron chi connectivity index (χ2n) is 7.22. The highest BCUT2D eigenvalue weighted by Crippen LogP contribution is 2.37. The average Bonchev–Trinajstić information content (AvgIpc) is 2.36. The Labute approximate surface area is 139 Å². The van der Waals surface area contributed by atoms with Crippen LogP contribution in [0.4, 0.5) is 0 Å². The Morgan fingerprint density at radius 3 is 2.17 bits per heavy atom.